The second-order valence-electron chi connectivity index (χ2n) is 14.5. The average molecular weight is 655 g/mol. The fourth-order valence-corrected chi connectivity index (χ4v) is 6.74. The molecule has 0 aromatic heterocycles. The largest absolute Gasteiger partial charge is 0.456 e. The quantitative estimate of drug-likeness (QED) is 0.149. The monoisotopic (exact) mass is 654 g/mol. The number of benzene rings is 3. The van der Waals surface area contributed by atoms with E-state index in [1.807, 2.05) is 92.6 Å². The van der Waals surface area contributed by atoms with Crippen molar-refractivity contribution in [3.05, 3.63) is 114 Å². The van der Waals surface area contributed by atoms with Crippen LogP contribution in [0.5, 0.6) is 0 Å². The first-order valence-electron chi connectivity index (χ1n) is 16.7. The molecule has 0 aliphatic carbocycles. The molecule has 48 heavy (non-hydrogen) atoms. The molecule has 3 aromatic carbocycles. The van der Waals surface area contributed by atoms with Gasteiger partial charge in [-0.15, -0.1) is 0 Å². The Hall–Kier alpha value is -4.27. The van der Waals surface area contributed by atoms with Crippen molar-refractivity contribution in [2.45, 2.75) is 96.6 Å². The van der Waals surface area contributed by atoms with Gasteiger partial charge >= 0.3 is 11.9 Å². The van der Waals surface area contributed by atoms with Gasteiger partial charge in [0.2, 0.25) is 5.91 Å². The van der Waals surface area contributed by atoms with E-state index in [0.717, 1.165) is 11.1 Å². The van der Waals surface area contributed by atoms with Gasteiger partial charge in [0.25, 0.3) is 0 Å². The molecule has 1 N–H and O–H groups in total. The minimum absolute atomic E-state index is 0.0816. The van der Waals surface area contributed by atoms with E-state index in [1.165, 1.54) is 6.08 Å². The number of rotatable bonds is 13. The van der Waals surface area contributed by atoms with Gasteiger partial charge in [-0.25, -0.2) is 9.59 Å². The van der Waals surface area contributed by atoms with Crippen LogP contribution < -0.4 is 5.32 Å². The number of carbonyl (C=O) groups excluding carboxylic acids is 3. The van der Waals surface area contributed by atoms with Gasteiger partial charge in [-0.2, -0.15) is 5.06 Å². The van der Waals surface area contributed by atoms with Crippen LogP contribution in [0.4, 0.5) is 0 Å². The number of ether oxygens (including phenoxy) is 2. The van der Waals surface area contributed by atoms with Gasteiger partial charge in [-0.05, 0) is 90.1 Å². The van der Waals surface area contributed by atoms with Crippen LogP contribution in [0.15, 0.2) is 97.1 Å². The Balaban J connectivity index is 1.35. The highest BCUT2D eigenvalue weighted by Gasteiger charge is 2.47. The maximum atomic E-state index is 13.4. The first kappa shape index (κ1) is 36.6. The van der Waals surface area contributed by atoms with Crippen LogP contribution >= 0.6 is 0 Å². The SMILES string of the molecule is CC(CC(C)(C)OC(=O)/C=C/c1ccccc1)C(=O)NC1CC(C)(C)N(OCC(OC(=O)c2ccccc2)c2ccccc2)C(C)(C)C1. The summed E-state index contributed by atoms with van der Waals surface area (Å²) in [6.07, 6.45) is 4.19. The summed E-state index contributed by atoms with van der Waals surface area (Å²) in [6.45, 7) is 14.0. The average Bonchev–Trinajstić information content (AvgIpc) is 3.03. The molecule has 1 aliphatic rings. The van der Waals surface area contributed by atoms with Gasteiger partial charge in [0, 0.05) is 29.1 Å². The van der Waals surface area contributed by atoms with Crippen molar-refractivity contribution in [3.8, 4) is 0 Å². The van der Waals surface area contributed by atoms with Crippen LogP contribution in [0.1, 0.15) is 95.3 Å². The molecule has 1 aliphatic heterocycles. The second-order valence-corrected chi connectivity index (χ2v) is 14.5. The Labute approximate surface area is 285 Å². The number of hydroxylamine groups is 2. The topological polar surface area (TPSA) is 94.2 Å². The first-order valence-corrected chi connectivity index (χ1v) is 16.7. The van der Waals surface area contributed by atoms with E-state index in [2.05, 4.69) is 33.0 Å². The summed E-state index contributed by atoms with van der Waals surface area (Å²) in [7, 11) is 0. The van der Waals surface area contributed by atoms with E-state index < -0.39 is 34.7 Å². The predicted octanol–water partition coefficient (Wildman–Crippen LogP) is 7.72. The first-order chi connectivity index (χ1) is 22.6. The van der Waals surface area contributed by atoms with Crippen LogP contribution in [-0.4, -0.2) is 52.2 Å². The molecule has 8 heteroatoms. The third-order valence-electron chi connectivity index (χ3n) is 8.56. The Bertz CT molecular complexity index is 1520. The fraction of sp³-hybridized carbons (Fsp3) is 0.425. The molecule has 1 heterocycles. The molecular formula is C40H50N2O6. The molecule has 256 valence electrons. The molecule has 4 rings (SSSR count). The van der Waals surface area contributed by atoms with Crippen molar-refractivity contribution in [1.29, 1.82) is 0 Å². The van der Waals surface area contributed by atoms with Crippen molar-refractivity contribution in [3.63, 3.8) is 0 Å². The summed E-state index contributed by atoms with van der Waals surface area (Å²) in [6, 6.07) is 28.0. The minimum Gasteiger partial charge on any atom is -0.456 e. The molecule has 8 nitrogen and oxygen atoms in total. The number of esters is 2. The lowest BCUT2D eigenvalue weighted by molar-refractivity contribution is -0.292. The molecule has 1 fully saturated rings. The van der Waals surface area contributed by atoms with Gasteiger partial charge in [-0.1, -0.05) is 85.8 Å². The normalized spacial score (nSPS) is 17.7. The van der Waals surface area contributed by atoms with Crippen molar-refractivity contribution in [2.24, 2.45) is 5.92 Å². The van der Waals surface area contributed by atoms with Crippen LogP contribution in [0.3, 0.4) is 0 Å². The van der Waals surface area contributed by atoms with Gasteiger partial charge < -0.3 is 14.8 Å². The molecule has 3 aromatic rings. The molecular weight excluding hydrogens is 604 g/mol. The standard InChI is InChI=1S/C40H50N2O6/c1-29(25-40(6,7)48-35(43)24-23-30-17-11-8-12-18-30)36(44)41-33-26-38(2,3)42(39(4,5)27-33)46-28-34(31-19-13-9-14-20-31)47-37(45)32-21-15-10-16-22-32/h8-24,29,33-34H,25-28H2,1-7H3,(H,41,44)/b24-23+. The molecule has 1 saturated heterocycles. The zero-order chi connectivity index (χ0) is 35.0. The summed E-state index contributed by atoms with van der Waals surface area (Å²) < 4.78 is 11.7. The lowest BCUT2D eigenvalue weighted by Gasteiger charge is -2.54. The van der Waals surface area contributed by atoms with Crippen molar-refractivity contribution in [1.82, 2.24) is 10.4 Å². The third kappa shape index (κ3) is 10.4. The highest BCUT2D eigenvalue weighted by atomic mass is 16.7. The van der Waals surface area contributed by atoms with Crippen LogP contribution in [0.25, 0.3) is 6.08 Å². The fourth-order valence-electron chi connectivity index (χ4n) is 6.74. The van der Waals surface area contributed by atoms with E-state index in [0.29, 0.717) is 24.8 Å². The predicted molar refractivity (Wildman–Crippen MR) is 188 cm³/mol. The number of nitrogens with one attached hydrogen (secondary N) is 1. The number of carbonyl (C=O) groups is 3. The molecule has 0 saturated carbocycles. The maximum absolute atomic E-state index is 13.4. The number of amides is 1. The van der Waals surface area contributed by atoms with Gasteiger partial charge in [0.05, 0.1) is 5.56 Å². The third-order valence-corrected chi connectivity index (χ3v) is 8.56. The summed E-state index contributed by atoms with van der Waals surface area (Å²) in [4.78, 5) is 45.4. The summed E-state index contributed by atoms with van der Waals surface area (Å²) in [5.74, 6) is -1.32. The Morgan fingerprint density at radius 1 is 0.875 bits per heavy atom. The molecule has 2 unspecified atom stereocenters. The molecule has 0 bridgehead atoms. The molecule has 1 amide bonds. The van der Waals surface area contributed by atoms with Crippen LogP contribution in [0.2, 0.25) is 0 Å². The van der Waals surface area contributed by atoms with Crippen molar-refractivity contribution in [2.75, 3.05) is 6.61 Å². The van der Waals surface area contributed by atoms with Gasteiger partial charge in [0.15, 0.2) is 6.10 Å². The van der Waals surface area contributed by atoms with Crippen LogP contribution in [0, 0.1) is 5.92 Å². The lowest BCUT2D eigenvalue weighted by atomic mass is 9.78. The second kappa shape index (κ2) is 15.8. The van der Waals surface area contributed by atoms with E-state index in [-0.39, 0.29) is 24.5 Å². The Morgan fingerprint density at radius 3 is 2.00 bits per heavy atom. The minimum atomic E-state index is -0.829. The molecule has 0 radical (unpaired) electrons. The number of piperidine rings is 1. The van der Waals surface area contributed by atoms with Crippen LogP contribution in [-0.2, 0) is 23.9 Å². The zero-order valence-corrected chi connectivity index (χ0v) is 29.3. The summed E-state index contributed by atoms with van der Waals surface area (Å²) in [5, 5.41) is 5.25. The smallest absolute Gasteiger partial charge is 0.338 e. The highest BCUT2D eigenvalue weighted by molar-refractivity contribution is 5.89. The van der Waals surface area contributed by atoms with Crippen molar-refractivity contribution >= 4 is 23.9 Å². The summed E-state index contributed by atoms with van der Waals surface area (Å²) in [5.41, 5.74) is 0.496. The molecule has 0 spiro atoms. The van der Waals surface area contributed by atoms with E-state index in [9.17, 15) is 14.4 Å². The highest BCUT2D eigenvalue weighted by Crippen LogP contribution is 2.39. The lowest BCUT2D eigenvalue weighted by Crippen LogP contribution is -2.64. The number of hydrogen-bond donors (Lipinski definition) is 1. The zero-order valence-electron chi connectivity index (χ0n) is 29.3. The Kier molecular flexibility index (Phi) is 12.0. The van der Waals surface area contributed by atoms with E-state index in [4.69, 9.17) is 14.3 Å². The van der Waals surface area contributed by atoms with Gasteiger partial charge in [-0.3, -0.25) is 9.63 Å². The maximum Gasteiger partial charge on any atom is 0.338 e. The van der Waals surface area contributed by atoms with Crippen molar-refractivity contribution < 1.29 is 28.7 Å². The molecule has 2 atom stereocenters. The van der Waals surface area contributed by atoms with E-state index >= 15 is 0 Å². The number of hydrogen-bond acceptors (Lipinski definition) is 7. The van der Waals surface area contributed by atoms with E-state index in [1.54, 1.807) is 30.3 Å². The number of nitrogens with zero attached hydrogens (tertiary/aromatic N) is 1. The summed E-state index contributed by atoms with van der Waals surface area (Å²) >= 11 is 0. The van der Waals surface area contributed by atoms with Gasteiger partial charge in [0.1, 0.15) is 12.2 Å². The Morgan fingerprint density at radius 2 is 1.42 bits per heavy atom.